The first-order valence-corrected chi connectivity index (χ1v) is 10.6. The number of esters is 2. The molecule has 1 aromatic carbocycles. The summed E-state index contributed by atoms with van der Waals surface area (Å²) in [6, 6.07) is 3.41. The Morgan fingerprint density at radius 3 is 2.26 bits per heavy atom. The first kappa shape index (κ1) is 24.6. The number of carbonyl (C=O) groups excluding carboxylic acids is 2. The maximum atomic E-state index is 12.2. The highest BCUT2D eigenvalue weighted by Gasteiger charge is 2.33. The van der Waals surface area contributed by atoms with Gasteiger partial charge in [0.25, 0.3) is 0 Å². The number of methoxy groups -OCH3 is 3. The van der Waals surface area contributed by atoms with Crippen LogP contribution in [0.2, 0.25) is 0 Å². The van der Waals surface area contributed by atoms with Crippen molar-refractivity contribution in [3.05, 3.63) is 23.8 Å². The summed E-state index contributed by atoms with van der Waals surface area (Å²) in [5.41, 5.74) is 0.657. The van der Waals surface area contributed by atoms with Crippen LogP contribution in [0.3, 0.4) is 0 Å². The zero-order valence-corrected chi connectivity index (χ0v) is 19.3. The van der Waals surface area contributed by atoms with Crippen LogP contribution in [0.4, 0.5) is 0 Å². The van der Waals surface area contributed by atoms with Gasteiger partial charge in [-0.05, 0) is 54.4 Å². The van der Waals surface area contributed by atoms with Crippen molar-refractivity contribution in [2.45, 2.75) is 46.1 Å². The molecule has 0 radical (unpaired) electrons. The molecule has 0 bridgehead atoms. The van der Waals surface area contributed by atoms with Gasteiger partial charge in [-0.1, -0.05) is 27.2 Å². The summed E-state index contributed by atoms with van der Waals surface area (Å²) in [6.45, 7) is 6.06. The van der Waals surface area contributed by atoms with E-state index in [9.17, 15) is 9.59 Å². The van der Waals surface area contributed by atoms with Gasteiger partial charge in [0.15, 0.2) is 18.1 Å². The summed E-state index contributed by atoms with van der Waals surface area (Å²) >= 11 is 0. The maximum Gasteiger partial charge on any atom is 0.344 e. The predicted molar refractivity (Wildman–Crippen MR) is 117 cm³/mol. The number of benzene rings is 1. The highest BCUT2D eigenvalue weighted by molar-refractivity contribution is 5.88. The Bertz CT molecular complexity index is 759. The predicted octanol–water partition coefficient (Wildman–Crippen LogP) is 4.27. The molecule has 1 saturated carbocycles. The molecular formula is C24H34O7. The molecule has 1 fully saturated rings. The molecule has 3 unspecified atom stereocenters. The lowest BCUT2D eigenvalue weighted by Crippen LogP contribution is -2.36. The molecule has 0 saturated heterocycles. The van der Waals surface area contributed by atoms with Crippen molar-refractivity contribution < 1.29 is 33.3 Å². The minimum Gasteiger partial charge on any atom is -0.493 e. The third kappa shape index (κ3) is 6.91. The van der Waals surface area contributed by atoms with Gasteiger partial charge < -0.3 is 23.7 Å². The molecule has 0 amide bonds. The molecule has 3 atom stereocenters. The average molecular weight is 435 g/mol. The average Bonchev–Trinajstić information content (AvgIpc) is 2.75. The normalized spacial score (nSPS) is 21.1. The van der Waals surface area contributed by atoms with E-state index >= 15 is 0 Å². The fraction of sp³-hybridized carbons (Fsp3) is 0.583. The first-order chi connectivity index (χ1) is 14.8. The molecule has 0 N–H and O–H groups in total. The van der Waals surface area contributed by atoms with Crippen LogP contribution < -0.4 is 14.2 Å². The fourth-order valence-electron chi connectivity index (χ4n) is 3.99. The van der Waals surface area contributed by atoms with E-state index < -0.39 is 18.5 Å². The summed E-state index contributed by atoms with van der Waals surface area (Å²) in [4.78, 5) is 24.3. The second-order valence-electron chi connectivity index (χ2n) is 8.25. The molecule has 1 aliphatic carbocycles. The van der Waals surface area contributed by atoms with Gasteiger partial charge in [0.1, 0.15) is 6.10 Å². The molecule has 7 heteroatoms. The molecule has 2 rings (SSSR count). The molecule has 0 heterocycles. The Kier molecular flexibility index (Phi) is 9.21. The van der Waals surface area contributed by atoms with E-state index in [1.165, 1.54) is 27.4 Å². The topological polar surface area (TPSA) is 80.3 Å². The van der Waals surface area contributed by atoms with Crippen molar-refractivity contribution in [2.75, 3.05) is 27.9 Å². The summed E-state index contributed by atoms with van der Waals surface area (Å²) in [7, 11) is 4.55. The SMILES string of the molecule is COc1cc(/C=C/C(=O)OCC(=O)OC2CC(C)CCC2C(C)C)cc(OC)c1OC. The van der Waals surface area contributed by atoms with Crippen LogP contribution in [0, 0.1) is 17.8 Å². The third-order valence-electron chi connectivity index (χ3n) is 5.68. The quantitative estimate of drug-likeness (QED) is 0.424. The number of hydrogen-bond donors (Lipinski definition) is 0. The Hall–Kier alpha value is -2.70. The van der Waals surface area contributed by atoms with E-state index in [-0.39, 0.29) is 6.10 Å². The Morgan fingerprint density at radius 1 is 1.06 bits per heavy atom. The molecule has 1 aromatic rings. The zero-order valence-electron chi connectivity index (χ0n) is 19.3. The molecule has 7 nitrogen and oxygen atoms in total. The minimum absolute atomic E-state index is 0.121. The lowest BCUT2D eigenvalue weighted by Gasteiger charge is -2.36. The summed E-state index contributed by atoms with van der Waals surface area (Å²) in [5, 5.41) is 0. The van der Waals surface area contributed by atoms with Crippen LogP contribution in [0.1, 0.15) is 45.6 Å². The summed E-state index contributed by atoms with van der Waals surface area (Å²) in [6.07, 6.45) is 5.73. The lowest BCUT2D eigenvalue weighted by molar-refractivity contribution is -0.165. The lowest BCUT2D eigenvalue weighted by atomic mass is 9.75. The van der Waals surface area contributed by atoms with Crippen LogP contribution in [0.5, 0.6) is 17.2 Å². The molecule has 172 valence electrons. The van der Waals surface area contributed by atoms with Crippen molar-refractivity contribution >= 4 is 18.0 Å². The smallest absolute Gasteiger partial charge is 0.344 e. The second kappa shape index (κ2) is 11.6. The maximum absolute atomic E-state index is 12.2. The largest absolute Gasteiger partial charge is 0.493 e. The minimum atomic E-state index is -0.636. The first-order valence-electron chi connectivity index (χ1n) is 10.6. The van der Waals surface area contributed by atoms with E-state index in [2.05, 4.69) is 20.8 Å². The molecule has 1 aliphatic rings. The van der Waals surface area contributed by atoms with Crippen molar-refractivity contribution in [3.63, 3.8) is 0 Å². The highest BCUT2D eigenvalue weighted by Crippen LogP contribution is 2.38. The standard InChI is InChI=1S/C24H34O7/c1-15(2)18-9-7-16(3)11-19(18)31-23(26)14-30-22(25)10-8-17-12-20(27-4)24(29-6)21(13-17)28-5/h8,10,12-13,15-16,18-19H,7,9,11,14H2,1-6H3/b10-8+. The van der Waals surface area contributed by atoms with E-state index in [0.29, 0.717) is 40.6 Å². The second-order valence-corrected chi connectivity index (χ2v) is 8.25. The van der Waals surface area contributed by atoms with Gasteiger partial charge in [-0.3, -0.25) is 0 Å². The Labute approximate surface area is 184 Å². The van der Waals surface area contributed by atoms with Gasteiger partial charge in [0, 0.05) is 6.08 Å². The van der Waals surface area contributed by atoms with E-state index in [0.717, 1.165) is 19.3 Å². The third-order valence-corrected chi connectivity index (χ3v) is 5.68. The molecule has 0 spiro atoms. The molecule has 0 aromatic heterocycles. The number of ether oxygens (including phenoxy) is 5. The zero-order chi connectivity index (χ0) is 23.0. The Balaban J connectivity index is 1.92. The number of hydrogen-bond acceptors (Lipinski definition) is 7. The van der Waals surface area contributed by atoms with E-state index in [1.54, 1.807) is 18.2 Å². The molecule has 31 heavy (non-hydrogen) atoms. The summed E-state index contributed by atoms with van der Waals surface area (Å²) in [5.74, 6) is 1.56. The molecular weight excluding hydrogens is 400 g/mol. The van der Waals surface area contributed by atoms with Crippen LogP contribution >= 0.6 is 0 Å². The fourth-order valence-corrected chi connectivity index (χ4v) is 3.99. The number of rotatable bonds is 9. The monoisotopic (exact) mass is 434 g/mol. The molecule has 0 aliphatic heterocycles. The van der Waals surface area contributed by atoms with Gasteiger partial charge in [-0.2, -0.15) is 0 Å². The van der Waals surface area contributed by atoms with Crippen LogP contribution in [-0.2, 0) is 19.1 Å². The van der Waals surface area contributed by atoms with Gasteiger partial charge in [-0.25, -0.2) is 9.59 Å². The Morgan fingerprint density at radius 2 is 1.71 bits per heavy atom. The van der Waals surface area contributed by atoms with Crippen molar-refractivity contribution in [1.82, 2.24) is 0 Å². The van der Waals surface area contributed by atoms with Crippen molar-refractivity contribution in [3.8, 4) is 17.2 Å². The van der Waals surface area contributed by atoms with Gasteiger partial charge in [-0.15, -0.1) is 0 Å². The van der Waals surface area contributed by atoms with E-state index in [4.69, 9.17) is 23.7 Å². The van der Waals surface area contributed by atoms with Crippen LogP contribution in [-0.4, -0.2) is 46.0 Å². The van der Waals surface area contributed by atoms with Crippen molar-refractivity contribution in [2.24, 2.45) is 17.8 Å². The van der Waals surface area contributed by atoms with Gasteiger partial charge in [0.05, 0.1) is 21.3 Å². The van der Waals surface area contributed by atoms with Crippen LogP contribution in [0.15, 0.2) is 18.2 Å². The highest BCUT2D eigenvalue weighted by atomic mass is 16.6. The number of carbonyl (C=O) groups is 2. The summed E-state index contributed by atoms with van der Waals surface area (Å²) < 4.78 is 26.6. The van der Waals surface area contributed by atoms with Gasteiger partial charge >= 0.3 is 11.9 Å². The van der Waals surface area contributed by atoms with Gasteiger partial charge in [0.2, 0.25) is 5.75 Å². The van der Waals surface area contributed by atoms with Crippen LogP contribution in [0.25, 0.3) is 6.08 Å². The van der Waals surface area contributed by atoms with Crippen molar-refractivity contribution in [1.29, 1.82) is 0 Å². The van der Waals surface area contributed by atoms with E-state index in [1.807, 2.05) is 0 Å².